The molecule has 2 aromatic rings. The number of nitrogens with zero attached hydrogens (tertiary/aromatic N) is 5. The van der Waals surface area contributed by atoms with Crippen LogP contribution in [-0.2, 0) is 4.74 Å². The third kappa shape index (κ3) is 3.57. The van der Waals surface area contributed by atoms with Gasteiger partial charge in [0.2, 0.25) is 5.95 Å². The lowest BCUT2D eigenvalue weighted by Crippen LogP contribution is -2.38. The van der Waals surface area contributed by atoms with Gasteiger partial charge in [0.05, 0.1) is 31.0 Å². The zero-order valence-electron chi connectivity index (χ0n) is 16.0. The highest BCUT2D eigenvalue weighted by molar-refractivity contribution is 5.68. The summed E-state index contributed by atoms with van der Waals surface area (Å²) < 4.78 is 49.3. The molecule has 0 aromatic carbocycles. The molecule has 160 valence electrons. The van der Waals surface area contributed by atoms with Crippen LogP contribution in [0.1, 0.15) is 12.8 Å². The molecule has 3 saturated heterocycles. The molecule has 3 aliphatic rings. The lowest BCUT2D eigenvalue weighted by Gasteiger charge is -2.29. The van der Waals surface area contributed by atoms with Crippen molar-refractivity contribution in [2.24, 2.45) is 0 Å². The second-order valence-electron chi connectivity index (χ2n) is 7.73. The van der Waals surface area contributed by atoms with E-state index in [1.165, 1.54) is 12.3 Å². The van der Waals surface area contributed by atoms with E-state index >= 15 is 0 Å². The number of pyridine rings is 1. The SMILES string of the molecule is Nc1ncc(-c2cc(N3CC4CC3CO4)nc(N3CCC(F)C3)n2)cc1OC(F)F. The lowest BCUT2D eigenvalue weighted by molar-refractivity contribution is -0.0494. The number of ether oxygens (including phenoxy) is 2. The highest BCUT2D eigenvalue weighted by Crippen LogP contribution is 2.35. The molecule has 2 aromatic heterocycles. The standard InChI is InChI=1S/C19H21F3N6O2/c20-11-1-2-27(7-11)19-25-14(10-3-15(30-18(21)22)17(23)24-6-10)5-16(26-19)28-8-13-4-12(28)9-29-13/h3,5-6,11-13,18H,1-2,4,7-9H2,(H2,23,24). The van der Waals surface area contributed by atoms with Crippen LogP contribution in [0.4, 0.5) is 30.8 Å². The molecule has 30 heavy (non-hydrogen) atoms. The van der Waals surface area contributed by atoms with Gasteiger partial charge < -0.3 is 25.0 Å². The molecule has 8 nitrogen and oxygen atoms in total. The van der Waals surface area contributed by atoms with Crippen LogP contribution < -0.4 is 20.3 Å². The van der Waals surface area contributed by atoms with E-state index in [0.29, 0.717) is 49.1 Å². The van der Waals surface area contributed by atoms with Gasteiger partial charge in [-0.2, -0.15) is 13.8 Å². The number of aromatic nitrogens is 3. The number of fused-ring (bicyclic) bond motifs is 2. The Morgan fingerprint density at radius 2 is 2.10 bits per heavy atom. The van der Waals surface area contributed by atoms with E-state index in [1.807, 2.05) is 0 Å². The van der Waals surface area contributed by atoms with Crippen LogP contribution in [0, 0.1) is 0 Å². The van der Waals surface area contributed by atoms with Gasteiger partial charge >= 0.3 is 6.61 Å². The van der Waals surface area contributed by atoms with Gasteiger partial charge in [0.15, 0.2) is 11.6 Å². The van der Waals surface area contributed by atoms with Crippen LogP contribution in [0.2, 0.25) is 0 Å². The fourth-order valence-corrected chi connectivity index (χ4v) is 4.22. The molecule has 3 fully saturated rings. The number of halogens is 3. The molecule has 0 saturated carbocycles. The van der Waals surface area contributed by atoms with Crippen molar-refractivity contribution < 1.29 is 22.6 Å². The van der Waals surface area contributed by atoms with Crippen molar-refractivity contribution in [3.63, 3.8) is 0 Å². The van der Waals surface area contributed by atoms with Crippen LogP contribution in [0.15, 0.2) is 18.3 Å². The summed E-state index contributed by atoms with van der Waals surface area (Å²) >= 11 is 0. The van der Waals surface area contributed by atoms with Crippen molar-refractivity contribution in [2.75, 3.05) is 41.8 Å². The number of hydrogen-bond donors (Lipinski definition) is 1. The summed E-state index contributed by atoms with van der Waals surface area (Å²) in [4.78, 5) is 17.2. The smallest absolute Gasteiger partial charge is 0.387 e. The van der Waals surface area contributed by atoms with Crippen LogP contribution in [0.5, 0.6) is 5.75 Å². The van der Waals surface area contributed by atoms with E-state index in [1.54, 1.807) is 11.0 Å². The van der Waals surface area contributed by atoms with Crippen molar-refractivity contribution in [3.05, 3.63) is 18.3 Å². The Hall–Kier alpha value is -2.82. The number of nitrogen functional groups attached to an aromatic ring is 1. The highest BCUT2D eigenvalue weighted by Gasteiger charge is 2.40. The summed E-state index contributed by atoms with van der Waals surface area (Å²) in [7, 11) is 0. The normalized spacial score (nSPS) is 25.5. The van der Waals surface area contributed by atoms with Crippen molar-refractivity contribution in [2.45, 2.75) is 37.8 Å². The summed E-state index contributed by atoms with van der Waals surface area (Å²) in [5.74, 6) is 0.742. The van der Waals surface area contributed by atoms with E-state index in [9.17, 15) is 13.2 Å². The predicted octanol–water partition coefficient (Wildman–Crippen LogP) is 2.25. The Morgan fingerprint density at radius 1 is 1.23 bits per heavy atom. The fourth-order valence-electron chi connectivity index (χ4n) is 4.22. The van der Waals surface area contributed by atoms with Crippen molar-refractivity contribution in [1.82, 2.24) is 15.0 Å². The fraction of sp³-hybridized carbons (Fsp3) is 0.526. The molecule has 2 bridgehead atoms. The summed E-state index contributed by atoms with van der Waals surface area (Å²) in [6.07, 6.45) is 2.04. The Balaban J connectivity index is 1.55. The third-order valence-electron chi connectivity index (χ3n) is 5.70. The largest absolute Gasteiger partial charge is 0.431 e. The Bertz CT molecular complexity index is 948. The van der Waals surface area contributed by atoms with E-state index < -0.39 is 12.8 Å². The lowest BCUT2D eigenvalue weighted by atomic mass is 10.2. The topological polar surface area (TPSA) is 89.6 Å². The molecule has 0 spiro atoms. The number of rotatable bonds is 5. The van der Waals surface area contributed by atoms with Gasteiger partial charge in [0.1, 0.15) is 12.0 Å². The van der Waals surface area contributed by atoms with Crippen molar-refractivity contribution in [1.29, 1.82) is 0 Å². The number of anilines is 3. The van der Waals surface area contributed by atoms with Gasteiger partial charge in [-0.15, -0.1) is 0 Å². The van der Waals surface area contributed by atoms with E-state index in [-0.39, 0.29) is 30.3 Å². The van der Waals surface area contributed by atoms with E-state index in [4.69, 9.17) is 10.5 Å². The minimum atomic E-state index is -3.02. The van der Waals surface area contributed by atoms with Gasteiger partial charge in [-0.25, -0.2) is 14.4 Å². The third-order valence-corrected chi connectivity index (χ3v) is 5.70. The average molecular weight is 422 g/mol. The molecule has 11 heteroatoms. The van der Waals surface area contributed by atoms with Gasteiger partial charge in [-0.3, -0.25) is 0 Å². The molecule has 3 unspecified atom stereocenters. The molecule has 5 heterocycles. The average Bonchev–Trinajstić information content (AvgIpc) is 3.46. The number of alkyl halides is 3. The maximum atomic E-state index is 13.8. The summed E-state index contributed by atoms with van der Waals surface area (Å²) in [6, 6.07) is 3.39. The molecular formula is C19H21F3N6O2. The van der Waals surface area contributed by atoms with Crippen molar-refractivity contribution >= 4 is 17.6 Å². The zero-order valence-corrected chi connectivity index (χ0v) is 16.0. The highest BCUT2D eigenvalue weighted by atomic mass is 19.3. The first-order chi connectivity index (χ1) is 14.5. The minimum Gasteiger partial charge on any atom is -0.431 e. The second-order valence-corrected chi connectivity index (χ2v) is 7.73. The maximum Gasteiger partial charge on any atom is 0.387 e. The number of hydrogen-bond acceptors (Lipinski definition) is 8. The Kier molecular flexibility index (Phi) is 4.76. The molecule has 0 amide bonds. The molecule has 3 aliphatic heterocycles. The Labute approximate surface area is 170 Å². The zero-order chi connectivity index (χ0) is 20.8. The summed E-state index contributed by atoms with van der Waals surface area (Å²) in [5, 5.41) is 0. The molecule has 5 rings (SSSR count). The first kappa shape index (κ1) is 19.2. The predicted molar refractivity (Wildman–Crippen MR) is 104 cm³/mol. The van der Waals surface area contributed by atoms with Crippen LogP contribution in [-0.4, -0.2) is 66.1 Å². The quantitative estimate of drug-likeness (QED) is 0.785. The van der Waals surface area contributed by atoms with Gasteiger partial charge in [0.25, 0.3) is 0 Å². The van der Waals surface area contributed by atoms with Gasteiger partial charge in [-0.1, -0.05) is 0 Å². The summed E-state index contributed by atoms with van der Waals surface area (Å²) in [5.41, 5.74) is 6.60. The maximum absolute atomic E-state index is 13.8. The van der Waals surface area contributed by atoms with Crippen LogP contribution in [0.25, 0.3) is 11.3 Å². The first-order valence-corrected chi connectivity index (χ1v) is 9.83. The van der Waals surface area contributed by atoms with Gasteiger partial charge in [0, 0.05) is 30.9 Å². The molecular weight excluding hydrogens is 401 g/mol. The summed E-state index contributed by atoms with van der Waals surface area (Å²) in [6.45, 7) is -0.944. The minimum absolute atomic E-state index is 0.137. The van der Waals surface area contributed by atoms with Crippen LogP contribution in [0.3, 0.4) is 0 Å². The molecule has 3 atom stereocenters. The Morgan fingerprint density at radius 3 is 2.77 bits per heavy atom. The van der Waals surface area contributed by atoms with Crippen molar-refractivity contribution in [3.8, 4) is 17.0 Å². The molecule has 2 N–H and O–H groups in total. The monoisotopic (exact) mass is 422 g/mol. The van der Waals surface area contributed by atoms with Crippen LogP contribution >= 0.6 is 0 Å². The number of morpholine rings is 1. The number of nitrogens with two attached hydrogens (primary N) is 1. The van der Waals surface area contributed by atoms with Gasteiger partial charge in [-0.05, 0) is 18.9 Å². The molecule has 0 radical (unpaired) electrons. The van der Waals surface area contributed by atoms with E-state index in [0.717, 1.165) is 6.42 Å². The first-order valence-electron chi connectivity index (χ1n) is 9.83. The second kappa shape index (κ2) is 7.46. The molecule has 0 aliphatic carbocycles. The van der Waals surface area contributed by atoms with E-state index in [2.05, 4.69) is 24.6 Å².